The number of carbonyl (C=O) groups excluding carboxylic acids is 1. The van der Waals surface area contributed by atoms with E-state index in [0.29, 0.717) is 12.1 Å². The molecule has 0 saturated carbocycles. The van der Waals surface area contributed by atoms with Crippen LogP contribution in [0.2, 0.25) is 0 Å². The Morgan fingerprint density at radius 2 is 1.75 bits per heavy atom. The maximum absolute atomic E-state index is 13.5. The summed E-state index contributed by atoms with van der Waals surface area (Å²) in [4.78, 5) is 13.5. The highest BCUT2D eigenvalue weighted by atomic mass is 16.7. The number of carbonyl (C=O) groups is 1. The Morgan fingerprint density at radius 1 is 1.03 bits per heavy atom. The van der Waals surface area contributed by atoms with E-state index in [9.17, 15) is 4.79 Å². The van der Waals surface area contributed by atoms with Crippen LogP contribution in [-0.4, -0.2) is 28.7 Å². The molecule has 2 aliphatic rings. The molecule has 0 aliphatic carbocycles. The maximum atomic E-state index is 13.5. The van der Waals surface area contributed by atoms with Gasteiger partial charge >= 0.3 is 7.12 Å². The monoisotopic (exact) mass is 428 g/mol. The predicted octanol–water partition coefficient (Wildman–Crippen LogP) is 4.30. The molecule has 1 N–H and O–H groups in total. The van der Waals surface area contributed by atoms with E-state index < -0.39 is 18.3 Å². The van der Waals surface area contributed by atoms with Crippen molar-refractivity contribution in [1.29, 1.82) is 0 Å². The second-order valence-corrected chi connectivity index (χ2v) is 9.80. The van der Waals surface area contributed by atoms with E-state index >= 15 is 0 Å². The molecule has 6 heteroatoms. The average molecular weight is 428 g/mol. The number of rotatable bonds is 3. The fraction of sp³-hybridized carbons (Fsp3) is 0.346. The highest BCUT2D eigenvalue weighted by Crippen LogP contribution is 2.36. The summed E-state index contributed by atoms with van der Waals surface area (Å²) in [6.45, 7) is 11.6. The quantitative estimate of drug-likeness (QED) is 0.499. The van der Waals surface area contributed by atoms with Crippen LogP contribution >= 0.6 is 0 Å². The molecule has 0 atom stereocenters. The summed E-state index contributed by atoms with van der Waals surface area (Å²) in [5.41, 5.74) is 5.95. The molecule has 1 fully saturated rings. The largest absolute Gasteiger partial charge is 0.495 e. The maximum Gasteiger partial charge on any atom is 0.495 e. The van der Waals surface area contributed by atoms with Crippen molar-refractivity contribution in [3.8, 4) is 0 Å². The van der Waals surface area contributed by atoms with Gasteiger partial charge in [-0.1, -0.05) is 35.9 Å². The van der Waals surface area contributed by atoms with Gasteiger partial charge in [-0.05, 0) is 63.8 Å². The standard InChI is InChI=1S/C26H29BN2O3/c1-17-14-18(10-11-21(17)27-31-25(2,3)26(4,5)32-27)24(30)20-12-13-29-16-19-8-6-7-9-22(19)28-15-23(20)29/h6-14,28H,15-16H2,1-5H3. The number of benzene rings is 2. The minimum atomic E-state index is -0.433. The predicted molar refractivity (Wildman–Crippen MR) is 128 cm³/mol. The van der Waals surface area contributed by atoms with Gasteiger partial charge in [0, 0.05) is 35.2 Å². The highest BCUT2D eigenvalue weighted by Gasteiger charge is 2.52. The topological polar surface area (TPSA) is 52.5 Å². The molecule has 2 aliphatic heterocycles. The molecule has 164 valence electrons. The Bertz CT molecular complexity index is 1200. The second-order valence-electron chi connectivity index (χ2n) is 9.80. The third-order valence-electron chi connectivity index (χ3n) is 7.17. The molecule has 0 unspecified atom stereocenters. The number of aromatic nitrogens is 1. The van der Waals surface area contributed by atoms with Crippen molar-refractivity contribution in [2.75, 3.05) is 5.32 Å². The normalized spacial score (nSPS) is 18.5. The molecule has 5 rings (SSSR count). The fourth-order valence-electron chi connectivity index (χ4n) is 4.46. The molecule has 5 nitrogen and oxygen atoms in total. The molecule has 1 saturated heterocycles. The van der Waals surface area contributed by atoms with Crippen LogP contribution in [0.5, 0.6) is 0 Å². The van der Waals surface area contributed by atoms with Crippen molar-refractivity contribution < 1.29 is 14.1 Å². The van der Waals surface area contributed by atoms with Crippen LogP contribution in [0, 0.1) is 6.92 Å². The van der Waals surface area contributed by atoms with Gasteiger partial charge < -0.3 is 19.2 Å². The minimum absolute atomic E-state index is 0.0371. The molecule has 3 aromatic rings. The van der Waals surface area contributed by atoms with Crippen molar-refractivity contribution in [3.63, 3.8) is 0 Å². The molecule has 1 aromatic heterocycles. The third kappa shape index (κ3) is 3.38. The van der Waals surface area contributed by atoms with Gasteiger partial charge in [-0.3, -0.25) is 4.79 Å². The van der Waals surface area contributed by atoms with E-state index in [-0.39, 0.29) is 5.78 Å². The number of hydrogen-bond acceptors (Lipinski definition) is 4. The van der Waals surface area contributed by atoms with Crippen molar-refractivity contribution >= 4 is 24.1 Å². The molecule has 0 radical (unpaired) electrons. The summed E-state index contributed by atoms with van der Waals surface area (Å²) < 4.78 is 14.6. The number of anilines is 1. The van der Waals surface area contributed by atoms with Gasteiger partial charge in [-0.15, -0.1) is 0 Å². The molecule has 2 aromatic carbocycles. The molecular weight excluding hydrogens is 399 g/mol. The van der Waals surface area contributed by atoms with Crippen LogP contribution < -0.4 is 10.8 Å². The summed E-state index contributed by atoms with van der Waals surface area (Å²) in [7, 11) is -0.433. The van der Waals surface area contributed by atoms with Crippen molar-refractivity contribution in [2.45, 2.75) is 58.9 Å². The Morgan fingerprint density at radius 3 is 2.47 bits per heavy atom. The minimum Gasteiger partial charge on any atom is -0.399 e. The number of fused-ring (bicyclic) bond motifs is 2. The first-order valence-corrected chi connectivity index (χ1v) is 11.2. The smallest absolute Gasteiger partial charge is 0.399 e. The lowest BCUT2D eigenvalue weighted by Gasteiger charge is -2.32. The summed E-state index contributed by atoms with van der Waals surface area (Å²) >= 11 is 0. The van der Waals surface area contributed by atoms with Crippen LogP contribution in [0.15, 0.2) is 54.7 Å². The van der Waals surface area contributed by atoms with Gasteiger partial charge in [0.25, 0.3) is 0 Å². The third-order valence-corrected chi connectivity index (χ3v) is 7.17. The Kier molecular flexibility index (Phi) is 4.84. The summed E-state index contributed by atoms with van der Waals surface area (Å²) in [6.07, 6.45) is 2.01. The number of aryl methyl sites for hydroxylation is 1. The number of nitrogens with zero attached hydrogens (tertiary/aromatic N) is 1. The molecular formula is C26H29BN2O3. The van der Waals surface area contributed by atoms with Crippen molar-refractivity contribution in [2.24, 2.45) is 0 Å². The van der Waals surface area contributed by atoms with E-state index in [1.807, 2.05) is 77.2 Å². The highest BCUT2D eigenvalue weighted by molar-refractivity contribution is 6.62. The average Bonchev–Trinajstić information content (AvgIpc) is 3.15. The lowest BCUT2D eigenvalue weighted by atomic mass is 9.75. The SMILES string of the molecule is Cc1cc(C(=O)c2ccn3c2CNc2ccccc2C3)ccc1B1OC(C)(C)C(C)(C)O1. The van der Waals surface area contributed by atoms with Crippen LogP contribution in [0.1, 0.15) is 60.4 Å². The molecule has 0 bridgehead atoms. The number of nitrogens with one attached hydrogen (secondary N) is 1. The second kappa shape index (κ2) is 7.36. The first-order valence-electron chi connectivity index (χ1n) is 11.2. The fourth-order valence-corrected chi connectivity index (χ4v) is 4.46. The van der Waals surface area contributed by atoms with Crippen molar-refractivity contribution in [3.05, 3.63) is 82.7 Å². The van der Waals surface area contributed by atoms with E-state index in [2.05, 4.69) is 22.0 Å². The van der Waals surface area contributed by atoms with E-state index in [1.165, 1.54) is 5.56 Å². The lowest BCUT2D eigenvalue weighted by molar-refractivity contribution is 0.00578. The zero-order valence-corrected chi connectivity index (χ0v) is 19.4. The van der Waals surface area contributed by atoms with Crippen LogP contribution in [0.3, 0.4) is 0 Å². The van der Waals surface area contributed by atoms with Crippen LogP contribution in [0.25, 0.3) is 0 Å². The van der Waals surface area contributed by atoms with E-state index in [1.54, 1.807) is 0 Å². The zero-order valence-electron chi connectivity index (χ0n) is 19.4. The number of para-hydroxylation sites is 1. The van der Waals surface area contributed by atoms with Gasteiger partial charge in [0.2, 0.25) is 0 Å². The first-order chi connectivity index (χ1) is 15.2. The van der Waals surface area contributed by atoms with Crippen LogP contribution in [0.4, 0.5) is 5.69 Å². The molecule has 0 spiro atoms. The summed E-state index contributed by atoms with van der Waals surface area (Å²) in [5.74, 6) is 0.0371. The van der Waals surface area contributed by atoms with Crippen LogP contribution in [-0.2, 0) is 22.4 Å². The molecule has 32 heavy (non-hydrogen) atoms. The first kappa shape index (κ1) is 21.0. The summed E-state index contributed by atoms with van der Waals surface area (Å²) in [6, 6.07) is 16.0. The van der Waals surface area contributed by atoms with E-state index in [0.717, 1.165) is 34.5 Å². The number of ketones is 1. The molecule has 0 amide bonds. The summed E-state index contributed by atoms with van der Waals surface area (Å²) in [5, 5.41) is 3.48. The van der Waals surface area contributed by atoms with Gasteiger partial charge in [0.05, 0.1) is 17.7 Å². The van der Waals surface area contributed by atoms with Gasteiger partial charge in [0.1, 0.15) is 0 Å². The Labute approximate surface area is 189 Å². The van der Waals surface area contributed by atoms with Gasteiger partial charge in [-0.2, -0.15) is 0 Å². The molecule has 3 heterocycles. The van der Waals surface area contributed by atoms with Gasteiger partial charge in [-0.25, -0.2) is 0 Å². The van der Waals surface area contributed by atoms with Gasteiger partial charge in [0.15, 0.2) is 5.78 Å². The van der Waals surface area contributed by atoms with E-state index in [4.69, 9.17) is 9.31 Å². The Balaban J connectivity index is 1.42. The Hall–Kier alpha value is -2.83. The zero-order chi connectivity index (χ0) is 22.7. The number of hydrogen-bond donors (Lipinski definition) is 1. The lowest BCUT2D eigenvalue weighted by Crippen LogP contribution is -2.41. The van der Waals surface area contributed by atoms with Crippen molar-refractivity contribution in [1.82, 2.24) is 4.57 Å².